The Hall–Kier alpha value is -1.94. The third-order valence-electron chi connectivity index (χ3n) is 2.64. The lowest BCUT2D eigenvalue weighted by molar-refractivity contribution is 1.33. The van der Waals surface area contributed by atoms with Crippen molar-refractivity contribution in [3.05, 3.63) is 41.5 Å². The fourth-order valence-corrected chi connectivity index (χ4v) is 2.68. The summed E-state index contributed by atoms with van der Waals surface area (Å²) in [4.78, 5) is 8.59. The zero-order chi connectivity index (χ0) is 11.8. The van der Waals surface area contributed by atoms with Gasteiger partial charge >= 0.3 is 0 Å². The fourth-order valence-electron chi connectivity index (χ4n) is 1.87. The van der Waals surface area contributed by atoms with Gasteiger partial charge in [0.25, 0.3) is 0 Å². The highest BCUT2D eigenvalue weighted by Gasteiger charge is 2.06. The number of thiazole rings is 1. The lowest BCUT2D eigenvalue weighted by Crippen LogP contribution is -1.92. The van der Waals surface area contributed by atoms with E-state index in [2.05, 4.69) is 28.2 Å². The van der Waals surface area contributed by atoms with Gasteiger partial charge in [0.15, 0.2) is 0 Å². The quantitative estimate of drug-likeness (QED) is 0.711. The Bertz CT molecular complexity index is 688. The van der Waals surface area contributed by atoms with Crippen molar-refractivity contribution in [3.8, 4) is 11.1 Å². The zero-order valence-electron chi connectivity index (χ0n) is 9.34. The zero-order valence-corrected chi connectivity index (χ0v) is 10.2. The number of benzene rings is 1. The number of nitrogens with two attached hydrogens (primary N) is 1. The van der Waals surface area contributed by atoms with Crippen LogP contribution in [0, 0.1) is 6.92 Å². The first-order valence-electron chi connectivity index (χ1n) is 5.32. The molecule has 0 unspecified atom stereocenters. The first kappa shape index (κ1) is 10.2. The molecule has 2 aromatic heterocycles. The van der Waals surface area contributed by atoms with Gasteiger partial charge in [-0.05, 0) is 36.8 Å². The summed E-state index contributed by atoms with van der Waals surface area (Å²) in [6.07, 6.45) is 1.70. The normalized spacial score (nSPS) is 10.9. The Balaban J connectivity index is 2.21. The second-order valence-electron chi connectivity index (χ2n) is 3.85. The van der Waals surface area contributed by atoms with Crippen LogP contribution >= 0.6 is 11.3 Å². The standard InChI is InChI=1S/C13H11N3S/c1-8-16-11-7-9(4-5-12(11)17-8)10-3-2-6-15-13(10)14/h2-7H,1H3,(H2,14,15). The molecule has 17 heavy (non-hydrogen) atoms. The largest absolute Gasteiger partial charge is 0.383 e. The van der Waals surface area contributed by atoms with Crippen LogP contribution in [0.4, 0.5) is 5.82 Å². The van der Waals surface area contributed by atoms with Crippen LogP contribution in [-0.4, -0.2) is 9.97 Å². The molecule has 0 amide bonds. The van der Waals surface area contributed by atoms with E-state index in [0.29, 0.717) is 5.82 Å². The molecule has 0 saturated heterocycles. The maximum absolute atomic E-state index is 5.87. The number of aryl methyl sites for hydroxylation is 1. The molecule has 84 valence electrons. The Labute approximate surface area is 103 Å². The highest BCUT2D eigenvalue weighted by Crippen LogP contribution is 2.29. The minimum Gasteiger partial charge on any atom is -0.383 e. The third-order valence-corrected chi connectivity index (χ3v) is 3.60. The van der Waals surface area contributed by atoms with Gasteiger partial charge in [-0.25, -0.2) is 9.97 Å². The van der Waals surface area contributed by atoms with Crippen LogP contribution in [-0.2, 0) is 0 Å². The van der Waals surface area contributed by atoms with Crippen molar-refractivity contribution >= 4 is 27.4 Å². The number of nitrogens with zero attached hydrogens (tertiary/aromatic N) is 2. The Kier molecular flexibility index (Phi) is 2.30. The van der Waals surface area contributed by atoms with E-state index in [4.69, 9.17) is 5.73 Å². The molecule has 2 N–H and O–H groups in total. The van der Waals surface area contributed by atoms with Crippen molar-refractivity contribution in [2.45, 2.75) is 6.92 Å². The van der Waals surface area contributed by atoms with Gasteiger partial charge in [-0.15, -0.1) is 11.3 Å². The van der Waals surface area contributed by atoms with Crippen molar-refractivity contribution < 1.29 is 0 Å². The van der Waals surface area contributed by atoms with E-state index in [1.54, 1.807) is 17.5 Å². The minimum atomic E-state index is 0.554. The average Bonchev–Trinajstić information content (AvgIpc) is 2.68. The van der Waals surface area contributed by atoms with Crippen LogP contribution in [0.15, 0.2) is 36.5 Å². The lowest BCUT2D eigenvalue weighted by atomic mass is 10.1. The Morgan fingerprint density at radius 1 is 1.24 bits per heavy atom. The molecule has 3 aromatic rings. The van der Waals surface area contributed by atoms with Crippen LogP contribution in [0.1, 0.15) is 5.01 Å². The molecule has 1 aromatic carbocycles. The van der Waals surface area contributed by atoms with E-state index in [-0.39, 0.29) is 0 Å². The fraction of sp³-hybridized carbons (Fsp3) is 0.0769. The van der Waals surface area contributed by atoms with E-state index in [1.165, 1.54) is 4.70 Å². The summed E-state index contributed by atoms with van der Waals surface area (Å²) < 4.78 is 1.20. The molecule has 0 aliphatic carbocycles. The summed E-state index contributed by atoms with van der Waals surface area (Å²) in [5, 5.41) is 1.08. The first-order chi connectivity index (χ1) is 8.24. The molecule has 4 heteroatoms. The predicted molar refractivity (Wildman–Crippen MR) is 72.0 cm³/mol. The molecular formula is C13H11N3S. The van der Waals surface area contributed by atoms with Gasteiger partial charge in [-0.3, -0.25) is 0 Å². The van der Waals surface area contributed by atoms with Crippen LogP contribution in [0.25, 0.3) is 21.3 Å². The van der Waals surface area contributed by atoms with Gasteiger partial charge in [0, 0.05) is 11.8 Å². The van der Waals surface area contributed by atoms with Gasteiger partial charge in [0.05, 0.1) is 15.2 Å². The minimum absolute atomic E-state index is 0.554. The van der Waals surface area contributed by atoms with E-state index < -0.39 is 0 Å². The van der Waals surface area contributed by atoms with Gasteiger partial charge in [0.2, 0.25) is 0 Å². The molecule has 3 nitrogen and oxygen atoms in total. The number of pyridine rings is 1. The van der Waals surface area contributed by atoms with Crippen LogP contribution in [0.3, 0.4) is 0 Å². The molecule has 0 aliphatic rings. The topological polar surface area (TPSA) is 51.8 Å². The number of hydrogen-bond donors (Lipinski definition) is 1. The van der Waals surface area contributed by atoms with Gasteiger partial charge in [0.1, 0.15) is 5.82 Å². The Morgan fingerprint density at radius 2 is 2.12 bits per heavy atom. The number of anilines is 1. The van der Waals surface area contributed by atoms with E-state index >= 15 is 0 Å². The smallest absolute Gasteiger partial charge is 0.131 e. The number of nitrogen functional groups attached to an aromatic ring is 1. The molecule has 0 spiro atoms. The maximum Gasteiger partial charge on any atom is 0.131 e. The highest BCUT2D eigenvalue weighted by atomic mass is 32.1. The maximum atomic E-state index is 5.87. The summed E-state index contributed by atoms with van der Waals surface area (Å²) in [6.45, 7) is 2.02. The molecule has 0 radical (unpaired) electrons. The summed E-state index contributed by atoms with van der Waals surface area (Å²) >= 11 is 1.70. The van der Waals surface area contributed by atoms with Gasteiger partial charge < -0.3 is 5.73 Å². The predicted octanol–water partition coefficient (Wildman–Crippen LogP) is 3.25. The summed E-state index contributed by atoms with van der Waals surface area (Å²) in [5.41, 5.74) is 8.92. The van der Waals surface area contributed by atoms with Crippen LogP contribution in [0.2, 0.25) is 0 Å². The van der Waals surface area contributed by atoms with Crippen molar-refractivity contribution in [2.75, 3.05) is 5.73 Å². The highest BCUT2D eigenvalue weighted by molar-refractivity contribution is 7.18. The van der Waals surface area contributed by atoms with E-state index in [1.807, 2.05) is 19.1 Å². The molecule has 0 atom stereocenters. The average molecular weight is 241 g/mol. The van der Waals surface area contributed by atoms with Crippen molar-refractivity contribution in [2.24, 2.45) is 0 Å². The van der Waals surface area contributed by atoms with Crippen LogP contribution < -0.4 is 5.73 Å². The van der Waals surface area contributed by atoms with Crippen LogP contribution in [0.5, 0.6) is 0 Å². The summed E-state index contributed by atoms with van der Waals surface area (Å²) in [7, 11) is 0. The number of hydrogen-bond acceptors (Lipinski definition) is 4. The molecule has 2 heterocycles. The van der Waals surface area contributed by atoms with Crippen molar-refractivity contribution in [3.63, 3.8) is 0 Å². The third kappa shape index (κ3) is 1.76. The number of rotatable bonds is 1. The SMILES string of the molecule is Cc1nc2cc(-c3cccnc3N)ccc2s1. The van der Waals surface area contributed by atoms with Crippen molar-refractivity contribution in [1.82, 2.24) is 9.97 Å². The van der Waals surface area contributed by atoms with Gasteiger partial charge in [-0.1, -0.05) is 6.07 Å². The molecular weight excluding hydrogens is 230 g/mol. The molecule has 0 fully saturated rings. The summed E-state index contributed by atoms with van der Waals surface area (Å²) in [5.74, 6) is 0.554. The summed E-state index contributed by atoms with van der Waals surface area (Å²) in [6, 6.07) is 10.1. The number of fused-ring (bicyclic) bond motifs is 1. The second kappa shape index (κ2) is 3.82. The van der Waals surface area contributed by atoms with E-state index in [9.17, 15) is 0 Å². The van der Waals surface area contributed by atoms with E-state index in [0.717, 1.165) is 21.7 Å². The first-order valence-corrected chi connectivity index (χ1v) is 6.14. The van der Waals surface area contributed by atoms with Crippen molar-refractivity contribution in [1.29, 1.82) is 0 Å². The molecule has 0 saturated carbocycles. The van der Waals surface area contributed by atoms with Gasteiger partial charge in [-0.2, -0.15) is 0 Å². The lowest BCUT2D eigenvalue weighted by Gasteiger charge is -2.03. The molecule has 0 bridgehead atoms. The number of aromatic nitrogens is 2. The Morgan fingerprint density at radius 3 is 2.94 bits per heavy atom. The monoisotopic (exact) mass is 241 g/mol. The molecule has 0 aliphatic heterocycles. The second-order valence-corrected chi connectivity index (χ2v) is 5.09. The molecule has 3 rings (SSSR count).